The summed E-state index contributed by atoms with van der Waals surface area (Å²) < 4.78 is 28.5. The number of nitrogens with one attached hydrogen (secondary N) is 1. The van der Waals surface area contributed by atoms with E-state index >= 15 is 0 Å². The predicted octanol–water partition coefficient (Wildman–Crippen LogP) is 3.68. The molecular weight excluding hydrogens is 314 g/mol. The Morgan fingerprint density at radius 3 is 2.67 bits per heavy atom. The van der Waals surface area contributed by atoms with Crippen LogP contribution in [-0.4, -0.2) is 25.6 Å². The number of hydrogen-bond donors (Lipinski definition) is 1. The van der Waals surface area contributed by atoms with Crippen molar-refractivity contribution in [2.75, 3.05) is 23.3 Å². The van der Waals surface area contributed by atoms with E-state index in [2.05, 4.69) is 21.0 Å². The molecule has 1 aliphatic heterocycles. The maximum Gasteiger partial charge on any atom is 0.387 e. The topological polar surface area (TPSA) is 41.6 Å². The summed E-state index contributed by atoms with van der Waals surface area (Å²) in [6.45, 7) is -1.76. The molecule has 0 unspecified atom stereocenters. The Bertz CT molecular complexity index is 704. The van der Waals surface area contributed by atoms with Crippen LogP contribution in [0.3, 0.4) is 0 Å². The first-order chi connectivity index (χ1) is 11.6. The van der Waals surface area contributed by atoms with E-state index < -0.39 is 6.61 Å². The van der Waals surface area contributed by atoms with Crippen LogP contribution in [0.5, 0.6) is 5.75 Å². The molecule has 4 nitrogen and oxygen atoms in total. The second-order valence-corrected chi connectivity index (χ2v) is 5.60. The summed E-state index contributed by atoms with van der Waals surface area (Å²) in [5.74, 6) is -0.0813. The Hall–Kier alpha value is -2.63. The third kappa shape index (κ3) is 4.01. The number of aryl methyl sites for hydroxylation is 1. The van der Waals surface area contributed by atoms with Gasteiger partial charge in [0.1, 0.15) is 5.75 Å². The molecule has 1 heterocycles. The fourth-order valence-electron chi connectivity index (χ4n) is 2.87. The summed E-state index contributed by atoms with van der Waals surface area (Å²) in [4.78, 5) is 14.3. The predicted molar refractivity (Wildman–Crippen MR) is 88.7 cm³/mol. The van der Waals surface area contributed by atoms with Crippen molar-refractivity contribution in [2.24, 2.45) is 0 Å². The number of fused-ring (bicyclic) bond motifs is 1. The van der Waals surface area contributed by atoms with Gasteiger partial charge in [-0.05, 0) is 48.7 Å². The molecule has 1 aliphatic rings. The number of benzene rings is 2. The van der Waals surface area contributed by atoms with Crippen molar-refractivity contribution in [1.29, 1.82) is 0 Å². The van der Waals surface area contributed by atoms with Gasteiger partial charge in [0.25, 0.3) is 0 Å². The second kappa shape index (κ2) is 7.29. The van der Waals surface area contributed by atoms with E-state index in [0.717, 1.165) is 25.1 Å². The van der Waals surface area contributed by atoms with Crippen LogP contribution in [0.25, 0.3) is 0 Å². The number of amides is 1. The molecule has 1 amide bonds. The zero-order chi connectivity index (χ0) is 16.9. The lowest BCUT2D eigenvalue weighted by Crippen LogP contribution is -2.36. The van der Waals surface area contributed by atoms with Crippen LogP contribution >= 0.6 is 0 Å². The lowest BCUT2D eigenvalue weighted by atomic mass is 10.0. The Labute approximate surface area is 139 Å². The molecule has 0 atom stereocenters. The number of anilines is 2. The normalized spacial score (nSPS) is 13.5. The number of halogens is 2. The van der Waals surface area contributed by atoms with E-state index in [1.807, 2.05) is 18.2 Å². The van der Waals surface area contributed by atoms with Crippen molar-refractivity contribution in [3.8, 4) is 5.75 Å². The molecule has 6 heteroatoms. The van der Waals surface area contributed by atoms with Gasteiger partial charge < -0.3 is 15.0 Å². The van der Waals surface area contributed by atoms with E-state index in [1.165, 1.54) is 17.7 Å². The van der Waals surface area contributed by atoms with Gasteiger partial charge in [-0.1, -0.05) is 18.2 Å². The van der Waals surface area contributed by atoms with Gasteiger partial charge >= 0.3 is 6.61 Å². The first-order valence-corrected chi connectivity index (χ1v) is 7.79. The van der Waals surface area contributed by atoms with Gasteiger partial charge in [-0.25, -0.2) is 0 Å². The zero-order valence-electron chi connectivity index (χ0n) is 13.0. The third-order valence-corrected chi connectivity index (χ3v) is 3.90. The Morgan fingerprint density at radius 1 is 1.17 bits per heavy atom. The molecule has 0 bridgehead atoms. The molecule has 1 N–H and O–H groups in total. The molecule has 0 aromatic heterocycles. The number of para-hydroxylation sites is 1. The van der Waals surface area contributed by atoms with Gasteiger partial charge in [0.15, 0.2) is 0 Å². The van der Waals surface area contributed by atoms with E-state index in [-0.39, 0.29) is 18.2 Å². The SMILES string of the molecule is O=C(CN1CCCc2ccccc21)Nc1ccc(OC(F)F)cc1. The van der Waals surface area contributed by atoms with Gasteiger partial charge in [-0.3, -0.25) is 4.79 Å². The highest BCUT2D eigenvalue weighted by atomic mass is 19.3. The van der Waals surface area contributed by atoms with E-state index in [1.54, 1.807) is 12.1 Å². The number of carbonyl (C=O) groups excluding carboxylic acids is 1. The molecule has 24 heavy (non-hydrogen) atoms. The van der Waals surface area contributed by atoms with Crippen molar-refractivity contribution in [1.82, 2.24) is 0 Å². The quantitative estimate of drug-likeness (QED) is 0.908. The molecule has 0 aliphatic carbocycles. The fraction of sp³-hybridized carbons (Fsp3) is 0.278. The molecule has 126 valence electrons. The lowest BCUT2D eigenvalue weighted by Gasteiger charge is -2.30. The summed E-state index contributed by atoms with van der Waals surface area (Å²) >= 11 is 0. The van der Waals surface area contributed by atoms with E-state index in [0.29, 0.717) is 5.69 Å². The minimum absolute atomic E-state index is 0.0629. The van der Waals surface area contributed by atoms with Crippen LogP contribution < -0.4 is 15.0 Å². The maximum absolute atomic E-state index is 12.2. The minimum atomic E-state index is -2.86. The minimum Gasteiger partial charge on any atom is -0.435 e. The summed E-state index contributed by atoms with van der Waals surface area (Å²) in [5.41, 5.74) is 2.90. The van der Waals surface area contributed by atoms with E-state index in [9.17, 15) is 13.6 Å². The largest absolute Gasteiger partial charge is 0.435 e. The molecule has 0 fully saturated rings. The molecular formula is C18H18F2N2O2. The van der Waals surface area contributed by atoms with E-state index in [4.69, 9.17) is 0 Å². The van der Waals surface area contributed by atoms with Crippen molar-refractivity contribution in [2.45, 2.75) is 19.5 Å². The van der Waals surface area contributed by atoms with Gasteiger partial charge in [-0.2, -0.15) is 8.78 Å². The molecule has 0 saturated carbocycles. The summed E-state index contributed by atoms with van der Waals surface area (Å²) in [6.07, 6.45) is 2.05. The Morgan fingerprint density at radius 2 is 1.92 bits per heavy atom. The average Bonchev–Trinajstić information content (AvgIpc) is 2.56. The number of hydrogen-bond acceptors (Lipinski definition) is 3. The van der Waals surface area contributed by atoms with Crippen LogP contribution in [0.15, 0.2) is 48.5 Å². The smallest absolute Gasteiger partial charge is 0.387 e. The van der Waals surface area contributed by atoms with Gasteiger partial charge in [0.2, 0.25) is 5.91 Å². The Balaban J connectivity index is 1.60. The summed E-state index contributed by atoms with van der Waals surface area (Å²) in [7, 11) is 0. The average molecular weight is 332 g/mol. The highest BCUT2D eigenvalue weighted by molar-refractivity contribution is 5.94. The highest BCUT2D eigenvalue weighted by Gasteiger charge is 2.18. The van der Waals surface area contributed by atoms with Gasteiger partial charge in [0.05, 0.1) is 6.54 Å². The van der Waals surface area contributed by atoms with Crippen LogP contribution in [0, 0.1) is 0 Å². The molecule has 2 aromatic rings. The van der Waals surface area contributed by atoms with Crippen LogP contribution in [-0.2, 0) is 11.2 Å². The van der Waals surface area contributed by atoms with Crippen molar-refractivity contribution >= 4 is 17.3 Å². The summed E-state index contributed by atoms with van der Waals surface area (Å²) in [6, 6.07) is 14.0. The molecule has 3 rings (SSSR count). The molecule has 0 spiro atoms. The second-order valence-electron chi connectivity index (χ2n) is 5.60. The molecule has 0 saturated heterocycles. The monoisotopic (exact) mass is 332 g/mol. The molecule has 0 radical (unpaired) electrons. The number of carbonyl (C=O) groups is 1. The highest BCUT2D eigenvalue weighted by Crippen LogP contribution is 2.26. The number of ether oxygens (including phenoxy) is 1. The van der Waals surface area contributed by atoms with Crippen molar-refractivity contribution in [3.63, 3.8) is 0 Å². The van der Waals surface area contributed by atoms with Crippen LogP contribution in [0.2, 0.25) is 0 Å². The standard InChI is InChI=1S/C18H18F2N2O2/c19-18(20)24-15-9-7-14(8-10-15)21-17(23)12-22-11-3-5-13-4-1-2-6-16(13)22/h1-2,4,6-10,18H,3,5,11-12H2,(H,21,23). The first kappa shape index (κ1) is 16.2. The fourth-order valence-corrected chi connectivity index (χ4v) is 2.87. The molecule has 2 aromatic carbocycles. The van der Waals surface area contributed by atoms with Crippen LogP contribution in [0.4, 0.5) is 20.2 Å². The number of nitrogens with zero attached hydrogens (tertiary/aromatic N) is 1. The number of alkyl halides is 2. The first-order valence-electron chi connectivity index (χ1n) is 7.79. The van der Waals surface area contributed by atoms with Gasteiger partial charge in [-0.15, -0.1) is 0 Å². The Kier molecular flexibility index (Phi) is 4.93. The van der Waals surface area contributed by atoms with Gasteiger partial charge in [0, 0.05) is 17.9 Å². The maximum atomic E-state index is 12.2. The summed E-state index contributed by atoms with van der Waals surface area (Å²) in [5, 5.41) is 2.78. The number of rotatable bonds is 5. The van der Waals surface area contributed by atoms with Crippen molar-refractivity contribution < 1.29 is 18.3 Å². The van der Waals surface area contributed by atoms with Crippen molar-refractivity contribution in [3.05, 3.63) is 54.1 Å². The van der Waals surface area contributed by atoms with Crippen LogP contribution in [0.1, 0.15) is 12.0 Å². The lowest BCUT2D eigenvalue weighted by molar-refractivity contribution is -0.115. The third-order valence-electron chi connectivity index (χ3n) is 3.90. The zero-order valence-corrected chi connectivity index (χ0v) is 13.0.